The van der Waals surface area contributed by atoms with Crippen molar-refractivity contribution in [1.82, 2.24) is 9.55 Å². The van der Waals surface area contributed by atoms with E-state index in [-0.39, 0.29) is 12.2 Å². The van der Waals surface area contributed by atoms with Crippen molar-refractivity contribution in [3.63, 3.8) is 0 Å². The van der Waals surface area contributed by atoms with Crippen LogP contribution in [0.2, 0.25) is 0 Å². The Kier molecular flexibility index (Phi) is 4.75. The summed E-state index contributed by atoms with van der Waals surface area (Å²) in [7, 11) is 0. The molecule has 21 heavy (non-hydrogen) atoms. The Morgan fingerprint density at radius 2 is 2.05 bits per heavy atom. The highest BCUT2D eigenvalue weighted by molar-refractivity contribution is 5.41. The topological polar surface area (TPSA) is 75.1 Å². The van der Waals surface area contributed by atoms with Crippen molar-refractivity contribution >= 4 is 0 Å². The molecule has 0 bridgehead atoms. The number of aliphatic hydroxyl groups excluding tert-OH is 1. The molecule has 0 unspecified atom stereocenters. The van der Waals surface area contributed by atoms with Gasteiger partial charge in [-0.1, -0.05) is 30.0 Å². The van der Waals surface area contributed by atoms with E-state index >= 15 is 0 Å². The monoisotopic (exact) mass is 284 g/mol. The van der Waals surface area contributed by atoms with Gasteiger partial charge in [0.2, 0.25) is 0 Å². The number of aromatic nitrogens is 2. The van der Waals surface area contributed by atoms with Crippen LogP contribution in [0.15, 0.2) is 40.1 Å². The molecule has 0 amide bonds. The van der Waals surface area contributed by atoms with Crippen LogP contribution < -0.4 is 11.2 Å². The summed E-state index contributed by atoms with van der Waals surface area (Å²) in [6.07, 6.45) is 1.95. The number of hydrogen-bond donors (Lipinski definition) is 2. The van der Waals surface area contributed by atoms with Gasteiger partial charge in [-0.3, -0.25) is 14.3 Å². The number of nitrogens with one attached hydrogen (secondary N) is 1. The number of hydrogen-bond acceptors (Lipinski definition) is 3. The lowest BCUT2D eigenvalue weighted by Crippen LogP contribution is -2.31. The first-order valence-electron chi connectivity index (χ1n) is 6.60. The molecule has 2 N–H and O–H groups in total. The van der Waals surface area contributed by atoms with Crippen molar-refractivity contribution in [2.75, 3.05) is 6.61 Å². The number of aromatic amines is 1. The Balaban J connectivity index is 2.37. The predicted molar refractivity (Wildman–Crippen MR) is 80.2 cm³/mol. The normalized spacial score (nSPS) is 10.0. The molecule has 0 saturated carbocycles. The van der Waals surface area contributed by atoms with E-state index in [0.29, 0.717) is 18.5 Å². The molecule has 108 valence electrons. The molecule has 0 fully saturated rings. The summed E-state index contributed by atoms with van der Waals surface area (Å²) in [6.45, 7) is 2.01. The van der Waals surface area contributed by atoms with Crippen molar-refractivity contribution in [2.45, 2.75) is 19.9 Å². The standard InChI is InChI=1S/C16H16N2O3/c1-12-10-18(16(21)17-15(12)20)11-14-8-3-2-6-13(14)7-4-5-9-19/h2-3,6,8,10,19H,5,9,11H2,1H3,(H,17,20,21). The Bertz CT molecular complexity index is 806. The number of aryl methyl sites for hydroxylation is 1. The van der Waals surface area contributed by atoms with Gasteiger partial charge in [0.25, 0.3) is 5.56 Å². The zero-order valence-electron chi connectivity index (χ0n) is 11.7. The van der Waals surface area contributed by atoms with E-state index in [1.807, 2.05) is 24.3 Å². The van der Waals surface area contributed by atoms with Crippen molar-refractivity contribution in [1.29, 1.82) is 0 Å². The average Bonchev–Trinajstić information content (AvgIpc) is 2.47. The van der Waals surface area contributed by atoms with Crippen LogP contribution in [0, 0.1) is 18.8 Å². The zero-order chi connectivity index (χ0) is 15.2. The number of H-pyrrole nitrogens is 1. The van der Waals surface area contributed by atoms with E-state index in [1.165, 1.54) is 4.57 Å². The molecule has 0 saturated heterocycles. The number of nitrogens with zero attached hydrogens (tertiary/aromatic N) is 1. The summed E-state index contributed by atoms with van der Waals surface area (Å²) in [4.78, 5) is 25.5. The lowest BCUT2D eigenvalue weighted by molar-refractivity contribution is 0.305. The van der Waals surface area contributed by atoms with Crippen LogP contribution >= 0.6 is 0 Å². The van der Waals surface area contributed by atoms with Crippen LogP contribution in [0.5, 0.6) is 0 Å². The molecule has 1 aromatic carbocycles. The van der Waals surface area contributed by atoms with E-state index in [0.717, 1.165) is 11.1 Å². The second kappa shape index (κ2) is 6.73. The first-order valence-corrected chi connectivity index (χ1v) is 6.60. The van der Waals surface area contributed by atoms with Gasteiger partial charge in [0.05, 0.1) is 13.2 Å². The van der Waals surface area contributed by atoms with E-state index in [1.54, 1.807) is 13.1 Å². The van der Waals surface area contributed by atoms with Crippen LogP contribution in [-0.2, 0) is 6.54 Å². The third-order valence-corrected chi connectivity index (χ3v) is 3.01. The number of aliphatic hydroxyl groups is 1. The highest BCUT2D eigenvalue weighted by atomic mass is 16.2. The minimum absolute atomic E-state index is 0.0216. The summed E-state index contributed by atoms with van der Waals surface area (Å²) in [5, 5.41) is 8.76. The second-order valence-electron chi connectivity index (χ2n) is 4.63. The van der Waals surface area contributed by atoms with E-state index < -0.39 is 5.69 Å². The highest BCUT2D eigenvalue weighted by Crippen LogP contribution is 2.08. The van der Waals surface area contributed by atoms with E-state index in [4.69, 9.17) is 5.11 Å². The van der Waals surface area contributed by atoms with Crippen LogP contribution in [0.4, 0.5) is 0 Å². The van der Waals surface area contributed by atoms with Gasteiger partial charge in [-0.25, -0.2) is 4.79 Å². The molecule has 0 atom stereocenters. The number of rotatable bonds is 3. The summed E-state index contributed by atoms with van der Waals surface area (Å²) in [5.41, 5.74) is 1.37. The Morgan fingerprint density at radius 3 is 2.81 bits per heavy atom. The molecule has 2 rings (SSSR count). The van der Waals surface area contributed by atoms with Crippen LogP contribution in [-0.4, -0.2) is 21.3 Å². The molecule has 0 aliphatic heterocycles. The molecule has 5 heteroatoms. The summed E-state index contributed by atoms with van der Waals surface area (Å²) in [6, 6.07) is 7.49. The first kappa shape index (κ1) is 14.8. The molecule has 1 aromatic heterocycles. The fourth-order valence-corrected chi connectivity index (χ4v) is 1.91. The SMILES string of the molecule is Cc1cn(Cc2ccccc2C#CCCO)c(=O)[nH]c1=O. The summed E-state index contributed by atoms with van der Waals surface area (Å²) < 4.78 is 1.45. The maximum absolute atomic E-state index is 11.8. The van der Waals surface area contributed by atoms with Gasteiger partial charge in [0, 0.05) is 23.7 Å². The Hall–Kier alpha value is -2.58. The molecule has 0 radical (unpaired) electrons. The molecule has 0 aliphatic rings. The Labute approximate surface area is 121 Å². The smallest absolute Gasteiger partial charge is 0.328 e. The minimum Gasteiger partial charge on any atom is -0.395 e. The van der Waals surface area contributed by atoms with Gasteiger partial charge in [-0.2, -0.15) is 0 Å². The van der Waals surface area contributed by atoms with Crippen molar-refractivity contribution in [3.8, 4) is 11.8 Å². The zero-order valence-corrected chi connectivity index (χ0v) is 11.7. The summed E-state index contributed by atoms with van der Waals surface area (Å²) >= 11 is 0. The van der Waals surface area contributed by atoms with Gasteiger partial charge >= 0.3 is 5.69 Å². The van der Waals surface area contributed by atoms with Crippen LogP contribution in [0.3, 0.4) is 0 Å². The largest absolute Gasteiger partial charge is 0.395 e. The van der Waals surface area contributed by atoms with Gasteiger partial charge in [-0.05, 0) is 18.6 Å². The van der Waals surface area contributed by atoms with Gasteiger partial charge in [0.15, 0.2) is 0 Å². The molecular weight excluding hydrogens is 268 g/mol. The molecule has 0 spiro atoms. The molecule has 5 nitrogen and oxygen atoms in total. The van der Waals surface area contributed by atoms with Gasteiger partial charge < -0.3 is 5.11 Å². The van der Waals surface area contributed by atoms with Gasteiger partial charge in [0.1, 0.15) is 0 Å². The van der Waals surface area contributed by atoms with Crippen LogP contribution in [0.1, 0.15) is 23.1 Å². The second-order valence-corrected chi connectivity index (χ2v) is 4.63. The fraction of sp³-hybridized carbons (Fsp3) is 0.250. The fourth-order valence-electron chi connectivity index (χ4n) is 1.91. The first-order chi connectivity index (χ1) is 10.1. The predicted octanol–water partition coefficient (Wildman–Crippen LogP) is 0.627. The number of benzene rings is 1. The summed E-state index contributed by atoms with van der Waals surface area (Å²) in [5.74, 6) is 5.85. The lowest BCUT2D eigenvalue weighted by atomic mass is 10.1. The molecule has 1 heterocycles. The third-order valence-electron chi connectivity index (χ3n) is 3.01. The molecule has 0 aliphatic carbocycles. The maximum atomic E-state index is 11.8. The molecular formula is C16H16N2O3. The van der Waals surface area contributed by atoms with E-state index in [2.05, 4.69) is 16.8 Å². The minimum atomic E-state index is -0.441. The van der Waals surface area contributed by atoms with E-state index in [9.17, 15) is 9.59 Å². The van der Waals surface area contributed by atoms with Crippen molar-refractivity contribution in [2.24, 2.45) is 0 Å². The van der Waals surface area contributed by atoms with Gasteiger partial charge in [-0.15, -0.1) is 0 Å². The van der Waals surface area contributed by atoms with Crippen molar-refractivity contribution in [3.05, 3.63) is 68.0 Å². The van der Waals surface area contributed by atoms with Crippen molar-refractivity contribution < 1.29 is 5.11 Å². The Morgan fingerprint density at radius 1 is 1.29 bits per heavy atom. The highest BCUT2D eigenvalue weighted by Gasteiger charge is 2.04. The lowest BCUT2D eigenvalue weighted by Gasteiger charge is -2.08. The average molecular weight is 284 g/mol. The quantitative estimate of drug-likeness (QED) is 0.812. The van der Waals surface area contributed by atoms with Crippen LogP contribution in [0.25, 0.3) is 0 Å². The third kappa shape index (κ3) is 3.71. The molecule has 2 aromatic rings. The maximum Gasteiger partial charge on any atom is 0.328 e.